The maximum absolute atomic E-state index is 11.3. The smallest absolute Gasteiger partial charge is 0.233 e. The number of rotatable bonds is 5. The molecule has 0 aromatic heterocycles. The van der Waals surface area contributed by atoms with E-state index in [9.17, 15) is 4.79 Å². The van der Waals surface area contributed by atoms with Gasteiger partial charge >= 0.3 is 0 Å². The monoisotopic (exact) mass is 284 g/mol. The van der Waals surface area contributed by atoms with Gasteiger partial charge < -0.3 is 10.6 Å². The van der Waals surface area contributed by atoms with E-state index < -0.39 is 0 Å². The molecule has 0 spiro atoms. The molecule has 1 atom stereocenters. The molecule has 0 aliphatic carbocycles. The Bertz CT molecular complexity index is 355. The highest BCUT2D eigenvalue weighted by atomic mass is 79.9. The van der Waals surface area contributed by atoms with E-state index in [0.29, 0.717) is 13.1 Å². The van der Waals surface area contributed by atoms with Gasteiger partial charge in [-0.2, -0.15) is 0 Å². The van der Waals surface area contributed by atoms with Gasteiger partial charge in [0.05, 0.1) is 6.54 Å². The summed E-state index contributed by atoms with van der Waals surface area (Å²) in [4.78, 5) is 11.3. The highest BCUT2D eigenvalue weighted by Crippen LogP contribution is 2.17. The van der Waals surface area contributed by atoms with Gasteiger partial charge in [-0.3, -0.25) is 4.79 Å². The highest BCUT2D eigenvalue weighted by Gasteiger charge is 2.06. The van der Waals surface area contributed by atoms with Crippen LogP contribution in [-0.4, -0.2) is 19.0 Å². The number of carbonyl (C=O) groups excluding carboxylic acids is 1. The fourth-order valence-electron chi connectivity index (χ4n) is 1.40. The molecule has 0 radical (unpaired) electrons. The largest absolute Gasteiger partial charge is 0.355 e. The minimum atomic E-state index is 0.0318. The zero-order chi connectivity index (χ0) is 12.0. The number of hydrogen-bond acceptors (Lipinski definition) is 2. The van der Waals surface area contributed by atoms with Crippen molar-refractivity contribution < 1.29 is 4.79 Å². The van der Waals surface area contributed by atoms with Crippen molar-refractivity contribution in [1.82, 2.24) is 10.6 Å². The maximum atomic E-state index is 11.3. The molecule has 4 heteroatoms. The SMILES string of the molecule is CCNC(=O)CN[C@@H](C)c1cccc(Br)c1. The minimum Gasteiger partial charge on any atom is -0.355 e. The van der Waals surface area contributed by atoms with Crippen LogP contribution in [0.4, 0.5) is 0 Å². The van der Waals surface area contributed by atoms with Crippen LogP contribution in [0.1, 0.15) is 25.5 Å². The van der Waals surface area contributed by atoms with Crippen molar-refractivity contribution in [2.75, 3.05) is 13.1 Å². The van der Waals surface area contributed by atoms with E-state index in [4.69, 9.17) is 0 Å². The van der Waals surface area contributed by atoms with Crippen molar-refractivity contribution in [2.45, 2.75) is 19.9 Å². The molecular formula is C12H17BrN2O. The van der Waals surface area contributed by atoms with E-state index in [0.717, 1.165) is 4.47 Å². The van der Waals surface area contributed by atoms with Crippen LogP contribution >= 0.6 is 15.9 Å². The maximum Gasteiger partial charge on any atom is 0.233 e. The number of halogens is 1. The Morgan fingerprint density at radius 3 is 2.88 bits per heavy atom. The van der Waals surface area contributed by atoms with Crippen LogP contribution in [0.3, 0.4) is 0 Å². The minimum absolute atomic E-state index is 0.0318. The molecule has 0 bridgehead atoms. The van der Waals surface area contributed by atoms with Crippen LogP contribution in [0.15, 0.2) is 28.7 Å². The topological polar surface area (TPSA) is 41.1 Å². The first-order valence-electron chi connectivity index (χ1n) is 5.39. The van der Waals surface area contributed by atoms with Gasteiger partial charge in [0, 0.05) is 17.1 Å². The molecule has 0 saturated heterocycles. The van der Waals surface area contributed by atoms with E-state index in [1.165, 1.54) is 5.56 Å². The van der Waals surface area contributed by atoms with Crippen molar-refractivity contribution in [1.29, 1.82) is 0 Å². The summed E-state index contributed by atoms with van der Waals surface area (Å²) in [6.45, 7) is 4.98. The predicted octanol–water partition coefficient (Wildman–Crippen LogP) is 2.24. The molecule has 0 aliphatic rings. The summed E-state index contributed by atoms with van der Waals surface area (Å²) in [6.07, 6.45) is 0. The molecule has 1 rings (SSSR count). The molecule has 1 amide bonds. The summed E-state index contributed by atoms with van der Waals surface area (Å²) in [5, 5.41) is 5.93. The van der Waals surface area contributed by atoms with Gasteiger partial charge in [-0.1, -0.05) is 28.1 Å². The summed E-state index contributed by atoms with van der Waals surface area (Å²) in [5.74, 6) is 0.0318. The van der Waals surface area contributed by atoms with E-state index in [1.54, 1.807) is 0 Å². The molecule has 1 aromatic carbocycles. The Hall–Kier alpha value is -0.870. The normalized spacial score (nSPS) is 12.2. The molecule has 0 aliphatic heterocycles. The number of hydrogen-bond donors (Lipinski definition) is 2. The summed E-state index contributed by atoms with van der Waals surface area (Å²) >= 11 is 3.43. The van der Waals surface area contributed by atoms with Crippen molar-refractivity contribution in [3.05, 3.63) is 34.3 Å². The van der Waals surface area contributed by atoms with Gasteiger partial charge in [0.15, 0.2) is 0 Å². The fourth-order valence-corrected chi connectivity index (χ4v) is 1.82. The molecule has 2 N–H and O–H groups in total. The average Bonchev–Trinajstić information content (AvgIpc) is 2.26. The van der Waals surface area contributed by atoms with E-state index in [2.05, 4.69) is 32.6 Å². The zero-order valence-electron chi connectivity index (χ0n) is 9.59. The molecule has 0 saturated carbocycles. The lowest BCUT2D eigenvalue weighted by Gasteiger charge is -2.14. The highest BCUT2D eigenvalue weighted by molar-refractivity contribution is 9.10. The van der Waals surface area contributed by atoms with Crippen LogP contribution in [0.5, 0.6) is 0 Å². The number of benzene rings is 1. The van der Waals surface area contributed by atoms with Crippen LogP contribution in [0, 0.1) is 0 Å². The van der Waals surface area contributed by atoms with Gasteiger partial charge in [-0.25, -0.2) is 0 Å². The first kappa shape index (κ1) is 13.2. The second-order valence-electron chi connectivity index (χ2n) is 3.61. The van der Waals surface area contributed by atoms with Gasteiger partial charge in [0.1, 0.15) is 0 Å². The molecular weight excluding hydrogens is 268 g/mol. The lowest BCUT2D eigenvalue weighted by molar-refractivity contribution is -0.120. The van der Waals surface area contributed by atoms with Crippen LogP contribution in [0.2, 0.25) is 0 Å². The third kappa shape index (κ3) is 4.33. The molecule has 16 heavy (non-hydrogen) atoms. The van der Waals surface area contributed by atoms with Gasteiger partial charge in [0.25, 0.3) is 0 Å². The van der Waals surface area contributed by atoms with Crippen molar-refractivity contribution in [3.8, 4) is 0 Å². The Morgan fingerprint density at radius 2 is 2.25 bits per heavy atom. The summed E-state index contributed by atoms with van der Waals surface area (Å²) in [6, 6.07) is 8.24. The first-order valence-corrected chi connectivity index (χ1v) is 6.18. The van der Waals surface area contributed by atoms with Crippen molar-refractivity contribution >= 4 is 21.8 Å². The van der Waals surface area contributed by atoms with E-state index in [-0.39, 0.29) is 11.9 Å². The number of carbonyl (C=O) groups is 1. The summed E-state index contributed by atoms with van der Waals surface area (Å²) in [5.41, 5.74) is 1.17. The van der Waals surface area contributed by atoms with E-state index in [1.807, 2.05) is 32.0 Å². The number of nitrogens with one attached hydrogen (secondary N) is 2. The molecule has 0 heterocycles. The first-order chi connectivity index (χ1) is 7.63. The molecule has 0 fully saturated rings. The van der Waals surface area contributed by atoms with Crippen LogP contribution < -0.4 is 10.6 Å². The van der Waals surface area contributed by atoms with Crippen LogP contribution in [0.25, 0.3) is 0 Å². The Morgan fingerprint density at radius 1 is 1.50 bits per heavy atom. The molecule has 3 nitrogen and oxygen atoms in total. The number of likely N-dealkylation sites (N-methyl/N-ethyl adjacent to an activating group) is 1. The predicted molar refractivity (Wildman–Crippen MR) is 69.2 cm³/mol. The quantitative estimate of drug-likeness (QED) is 0.871. The van der Waals surface area contributed by atoms with Gasteiger partial charge in [0.2, 0.25) is 5.91 Å². The lowest BCUT2D eigenvalue weighted by Crippen LogP contribution is -2.34. The van der Waals surface area contributed by atoms with Gasteiger partial charge in [-0.05, 0) is 31.5 Å². The lowest BCUT2D eigenvalue weighted by atomic mass is 10.1. The third-order valence-electron chi connectivity index (χ3n) is 2.29. The second kappa shape index (κ2) is 6.66. The summed E-state index contributed by atoms with van der Waals surface area (Å²) < 4.78 is 1.05. The standard InChI is InChI=1S/C12H17BrN2O/c1-3-14-12(16)8-15-9(2)10-5-4-6-11(13)7-10/h4-7,9,15H,3,8H2,1-2H3,(H,14,16)/t9-/m0/s1. The third-order valence-corrected chi connectivity index (χ3v) is 2.78. The zero-order valence-corrected chi connectivity index (χ0v) is 11.2. The Balaban J connectivity index is 2.46. The average molecular weight is 285 g/mol. The Labute approximate surface area is 105 Å². The molecule has 1 aromatic rings. The van der Waals surface area contributed by atoms with Crippen molar-refractivity contribution in [2.24, 2.45) is 0 Å². The fraction of sp³-hybridized carbons (Fsp3) is 0.417. The second-order valence-corrected chi connectivity index (χ2v) is 4.53. The van der Waals surface area contributed by atoms with Crippen molar-refractivity contribution in [3.63, 3.8) is 0 Å². The van der Waals surface area contributed by atoms with Crippen LogP contribution in [-0.2, 0) is 4.79 Å². The summed E-state index contributed by atoms with van der Waals surface area (Å²) in [7, 11) is 0. The Kier molecular flexibility index (Phi) is 5.49. The van der Waals surface area contributed by atoms with Gasteiger partial charge in [-0.15, -0.1) is 0 Å². The molecule has 0 unspecified atom stereocenters. The number of amides is 1. The van der Waals surface area contributed by atoms with E-state index >= 15 is 0 Å². The molecule has 88 valence electrons.